The maximum Gasteiger partial charge on any atom is 0.273 e. The molecule has 8 nitrogen and oxygen atoms in total. The fourth-order valence-electron chi connectivity index (χ4n) is 3.96. The van der Waals surface area contributed by atoms with Crippen LogP contribution in [-0.2, 0) is 4.74 Å². The third-order valence-electron chi connectivity index (χ3n) is 5.35. The number of phenols is 2. The third-order valence-corrected chi connectivity index (χ3v) is 5.35. The number of nitrogens with zero attached hydrogens (tertiary/aromatic N) is 2. The molecule has 1 aliphatic heterocycles. The van der Waals surface area contributed by atoms with Crippen LogP contribution in [0.1, 0.15) is 41.0 Å². The lowest BCUT2D eigenvalue weighted by molar-refractivity contribution is 0.0723. The molecule has 2 heterocycles. The first-order chi connectivity index (χ1) is 15.0. The van der Waals surface area contributed by atoms with Gasteiger partial charge in [-0.1, -0.05) is 6.07 Å². The standard InChI is InChI=1S/C23H25N3O5/c1-3-31-18-13-15(7-10-17(18)28)22-19-20(14-5-8-16(27)9-6-14)24-25-21(19)23(29)26(22)11-4-12-30-2/h5-10,13,22,27-28H,3-4,11-12H2,1-2H3,(H,24,25). The van der Waals surface area contributed by atoms with Crippen LogP contribution >= 0.6 is 0 Å². The van der Waals surface area contributed by atoms with Gasteiger partial charge >= 0.3 is 0 Å². The minimum Gasteiger partial charge on any atom is -0.508 e. The second-order valence-corrected chi connectivity index (χ2v) is 7.32. The van der Waals surface area contributed by atoms with E-state index in [1.165, 1.54) is 0 Å². The molecule has 1 unspecified atom stereocenters. The molecule has 1 aliphatic rings. The van der Waals surface area contributed by atoms with Gasteiger partial charge in [0.15, 0.2) is 11.5 Å². The number of aromatic nitrogens is 2. The van der Waals surface area contributed by atoms with Gasteiger partial charge in [-0.25, -0.2) is 0 Å². The molecule has 0 saturated carbocycles. The van der Waals surface area contributed by atoms with Gasteiger partial charge < -0.3 is 24.6 Å². The molecule has 3 N–H and O–H groups in total. The highest BCUT2D eigenvalue weighted by Gasteiger charge is 2.42. The number of amides is 1. The normalized spacial score (nSPS) is 15.4. The van der Waals surface area contributed by atoms with Crippen molar-refractivity contribution in [3.05, 3.63) is 59.3 Å². The Morgan fingerprint density at radius 1 is 1.16 bits per heavy atom. The van der Waals surface area contributed by atoms with E-state index in [4.69, 9.17) is 9.47 Å². The van der Waals surface area contributed by atoms with Gasteiger partial charge in [0.1, 0.15) is 11.4 Å². The van der Waals surface area contributed by atoms with E-state index in [-0.39, 0.29) is 17.4 Å². The van der Waals surface area contributed by atoms with Crippen molar-refractivity contribution in [2.24, 2.45) is 0 Å². The van der Waals surface area contributed by atoms with Crippen LogP contribution in [0.4, 0.5) is 0 Å². The van der Waals surface area contributed by atoms with Crippen molar-refractivity contribution >= 4 is 5.91 Å². The van der Waals surface area contributed by atoms with Gasteiger partial charge in [-0.15, -0.1) is 0 Å². The van der Waals surface area contributed by atoms with Crippen LogP contribution in [0.5, 0.6) is 17.2 Å². The predicted molar refractivity (Wildman–Crippen MR) is 114 cm³/mol. The smallest absolute Gasteiger partial charge is 0.273 e. The van der Waals surface area contributed by atoms with E-state index in [9.17, 15) is 15.0 Å². The summed E-state index contributed by atoms with van der Waals surface area (Å²) in [7, 11) is 1.63. The highest BCUT2D eigenvalue weighted by molar-refractivity contribution is 6.00. The summed E-state index contributed by atoms with van der Waals surface area (Å²) in [4.78, 5) is 15.0. The number of hydrogen-bond acceptors (Lipinski definition) is 6. The third kappa shape index (κ3) is 3.82. The molecule has 1 amide bonds. The van der Waals surface area contributed by atoms with Gasteiger partial charge in [-0.2, -0.15) is 5.10 Å². The Hall–Kier alpha value is -3.52. The quantitative estimate of drug-likeness (QED) is 0.479. The van der Waals surface area contributed by atoms with Crippen LogP contribution in [0.2, 0.25) is 0 Å². The molecule has 0 saturated heterocycles. The molecule has 8 heteroatoms. The number of H-pyrrole nitrogens is 1. The SMILES string of the molecule is CCOc1cc(C2c3c(-c4ccc(O)cc4)n[nH]c3C(=O)N2CCCOC)ccc1O. The van der Waals surface area contributed by atoms with Crippen LogP contribution < -0.4 is 4.74 Å². The zero-order valence-electron chi connectivity index (χ0n) is 17.5. The summed E-state index contributed by atoms with van der Waals surface area (Å²) in [6.45, 7) is 3.29. The molecule has 162 valence electrons. The number of aromatic hydroxyl groups is 2. The minimum atomic E-state index is -0.401. The summed E-state index contributed by atoms with van der Waals surface area (Å²) in [5, 5.41) is 27.1. The highest BCUT2D eigenvalue weighted by Crippen LogP contribution is 2.44. The average Bonchev–Trinajstić information content (AvgIpc) is 3.30. The van der Waals surface area contributed by atoms with Crippen molar-refractivity contribution in [3.63, 3.8) is 0 Å². The molecular formula is C23H25N3O5. The molecule has 31 heavy (non-hydrogen) atoms. The number of carbonyl (C=O) groups is 1. The lowest BCUT2D eigenvalue weighted by Gasteiger charge is -2.26. The van der Waals surface area contributed by atoms with Crippen molar-refractivity contribution in [2.75, 3.05) is 26.9 Å². The van der Waals surface area contributed by atoms with Crippen LogP contribution in [0.15, 0.2) is 42.5 Å². The van der Waals surface area contributed by atoms with Crippen LogP contribution in [0.3, 0.4) is 0 Å². The average molecular weight is 423 g/mol. The number of aromatic amines is 1. The van der Waals surface area contributed by atoms with E-state index in [1.807, 2.05) is 6.92 Å². The fraction of sp³-hybridized carbons (Fsp3) is 0.304. The number of ether oxygens (including phenoxy) is 2. The summed E-state index contributed by atoms with van der Waals surface area (Å²) in [6, 6.07) is 11.5. The molecule has 0 spiro atoms. The Balaban J connectivity index is 1.82. The Morgan fingerprint density at radius 2 is 1.94 bits per heavy atom. The van der Waals surface area contributed by atoms with E-state index >= 15 is 0 Å². The number of carbonyl (C=O) groups excluding carboxylic acids is 1. The van der Waals surface area contributed by atoms with Gasteiger partial charge in [-0.05, 0) is 55.3 Å². The van der Waals surface area contributed by atoms with Gasteiger partial charge in [0.2, 0.25) is 0 Å². The van der Waals surface area contributed by atoms with Gasteiger partial charge in [-0.3, -0.25) is 9.89 Å². The second kappa shape index (κ2) is 8.69. The molecule has 4 rings (SSSR count). The Kier molecular flexibility index (Phi) is 5.81. The summed E-state index contributed by atoms with van der Waals surface area (Å²) in [5.74, 6) is 0.434. The number of fused-ring (bicyclic) bond motifs is 1. The largest absolute Gasteiger partial charge is 0.508 e. The molecule has 0 radical (unpaired) electrons. The summed E-state index contributed by atoms with van der Waals surface area (Å²) < 4.78 is 10.7. The van der Waals surface area contributed by atoms with E-state index in [2.05, 4.69) is 10.2 Å². The first-order valence-corrected chi connectivity index (χ1v) is 10.2. The first kappa shape index (κ1) is 20.7. The minimum absolute atomic E-state index is 0.0482. The molecule has 2 aromatic carbocycles. The van der Waals surface area contributed by atoms with E-state index < -0.39 is 6.04 Å². The van der Waals surface area contributed by atoms with E-state index in [0.29, 0.717) is 43.3 Å². The fourth-order valence-corrected chi connectivity index (χ4v) is 3.96. The number of rotatable bonds is 8. The van der Waals surface area contributed by atoms with E-state index in [0.717, 1.165) is 16.7 Å². The molecule has 1 aromatic heterocycles. The summed E-state index contributed by atoms with van der Waals surface area (Å²) in [6.07, 6.45) is 0.682. The molecule has 0 fully saturated rings. The van der Waals surface area contributed by atoms with Crippen LogP contribution in [0.25, 0.3) is 11.3 Å². The van der Waals surface area contributed by atoms with Crippen molar-refractivity contribution in [3.8, 4) is 28.5 Å². The molecule has 0 aliphatic carbocycles. The molecular weight excluding hydrogens is 398 g/mol. The topological polar surface area (TPSA) is 108 Å². The van der Waals surface area contributed by atoms with Crippen molar-refractivity contribution in [2.45, 2.75) is 19.4 Å². The number of hydrogen-bond donors (Lipinski definition) is 3. The maximum absolute atomic E-state index is 13.2. The first-order valence-electron chi connectivity index (χ1n) is 10.2. The zero-order chi connectivity index (χ0) is 22.0. The summed E-state index contributed by atoms with van der Waals surface area (Å²) in [5.41, 5.74) is 3.45. The molecule has 0 bridgehead atoms. The lowest BCUT2D eigenvalue weighted by Crippen LogP contribution is -2.31. The van der Waals surface area contributed by atoms with Gasteiger partial charge in [0.05, 0.1) is 18.3 Å². The Bertz CT molecular complexity index is 1080. The molecule has 1 atom stereocenters. The highest BCUT2D eigenvalue weighted by atomic mass is 16.5. The molecule has 3 aromatic rings. The number of benzene rings is 2. The maximum atomic E-state index is 13.2. The van der Waals surface area contributed by atoms with Crippen LogP contribution in [-0.4, -0.2) is 58.1 Å². The number of methoxy groups -OCH3 is 1. The predicted octanol–water partition coefficient (Wildman–Crippen LogP) is 3.47. The monoisotopic (exact) mass is 423 g/mol. The van der Waals surface area contributed by atoms with Crippen LogP contribution in [0, 0.1) is 0 Å². The lowest BCUT2D eigenvalue weighted by atomic mass is 9.95. The van der Waals surface area contributed by atoms with Gasteiger partial charge in [0, 0.05) is 31.4 Å². The van der Waals surface area contributed by atoms with Gasteiger partial charge in [0.25, 0.3) is 5.91 Å². The zero-order valence-corrected chi connectivity index (χ0v) is 17.5. The Morgan fingerprint density at radius 3 is 2.65 bits per heavy atom. The number of nitrogens with one attached hydrogen (secondary N) is 1. The van der Waals surface area contributed by atoms with Crippen molar-refractivity contribution in [1.29, 1.82) is 0 Å². The summed E-state index contributed by atoms with van der Waals surface area (Å²) >= 11 is 0. The van der Waals surface area contributed by atoms with Crippen molar-refractivity contribution in [1.82, 2.24) is 15.1 Å². The van der Waals surface area contributed by atoms with E-state index in [1.54, 1.807) is 54.5 Å². The second-order valence-electron chi connectivity index (χ2n) is 7.32. The van der Waals surface area contributed by atoms with Crippen molar-refractivity contribution < 1.29 is 24.5 Å². The number of phenolic OH excluding ortho intramolecular Hbond substituents is 2. The Labute approximate surface area is 180 Å².